The molecule has 1 aliphatic rings. The van der Waals surface area contributed by atoms with Crippen molar-refractivity contribution in [2.75, 3.05) is 20.1 Å². The number of nitrogens with zero attached hydrogens (tertiary/aromatic N) is 1. The van der Waals surface area contributed by atoms with Gasteiger partial charge in [-0.15, -0.1) is 0 Å². The van der Waals surface area contributed by atoms with Gasteiger partial charge < -0.3 is 5.32 Å². The predicted molar refractivity (Wildman–Crippen MR) is 47.7 cm³/mol. The lowest BCUT2D eigenvalue weighted by Gasteiger charge is -2.27. The second-order valence-electron chi connectivity index (χ2n) is 2.50. The van der Waals surface area contributed by atoms with Crippen LogP contribution in [-0.4, -0.2) is 29.3 Å². The second-order valence-corrected chi connectivity index (χ2v) is 3.86. The van der Waals surface area contributed by atoms with Crippen LogP contribution >= 0.6 is 22.9 Å². The molecule has 9 heavy (non-hydrogen) atoms. The van der Waals surface area contributed by atoms with Crippen LogP contribution in [0.3, 0.4) is 0 Å². The molecule has 0 aromatic carbocycles. The standard InChI is InChI=1S/C6H13IN2/c1-8-6-3-2-4-9(7)5-6/h6,8H,2-5H2,1H3/t6-/m1/s1. The molecule has 1 atom stereocenters. The van der Waals surface area contributed by atoms with E-state index in [1.807, 2.05) is 7.05 Å². The van der Waals surface area contributed by atoms with Crippen LogP contribution in [0.1, 0.15) is 12.8 Å². The number of nitrogens with one attached hydrogen (secondary N) is 1. The highest BCUT2D eigenvalue weighted by Gasteiger charge is 2.15. The normalized spacial score (nSPS) is 30.7. The van der Waals surface area contributed by atoms with Gasteiger partial charge in [-0.05, 0) is 19.9 Å². The van der Waals surface area contributed by atoms with Gasteiger partial charge in [0.05, 0.1) is 0 Å². The zero-order valence-electron chi connectivity index (χ0n) is 5.73. The summed E-state index contributed by atoms with van der Waals surface area (Å²) in [4.78, 5) is 0. The molecule has 0 radical (unpaired) electrons. The van der Waals surface area contributed by atoms with Crippen molar-refractivity contribution in [3.8, 4) is 0 Å². The van der Waals surface area contributed by atoms with E-state index in [0.29, 0.717) is 0 Å². The van der Waals surface area contributed by atoms with Crippen molar-refractivity contribution >= 4 is 22.9 Å². The monoisotopic (exact) mass is 240 g/mol. The van der Waals surface area contributed by atoms with E-state index in [4.69, 9.17) is 0 Å². The average molecular weight is 240 g/mol. The van der Waals surface area contributed by atoms with Crippen molar-refractivity contribution in [2.24, 2.45) is 0 Å². The van der Waals surface area contributed by atoms with Crippen molar-refractivity contribution in [3.63, 3.8) is 0 Å². The highest BCUT2D eigenvalue weighted by Crippen LogP contribution is 2.12. The first-order valence-corrected chi connectivity index (χ1v) is 4.37. The minimum Gasteiger partial charge on any atom is -0.316 e. The van der Waals surface area contributed by atoms with E-state index in [9.17, 15) is 0 Å². The van der Waals surface area contributed by atoms with Crippen molar-refractivity contribution in [1.82, 2.24) is 8.43 Å². The van der Waals surface area contributed by atoms with Gasteiger partial charge >= 0.3 is 0 Å². The first-order valence-electron chi connectivity index (χ1n) is 3.41. The van der Waals surface area contributed by atoms with Crippen LogP contribution < -0.4 is 5.32 Å². The maximum absolute atomic E-state index is 3.29. The fourth-order valence-electron chi connectivity index (χ4n) is 1.17. The quantitative estimate of drug-likeness (QED) is 0.543. The van der Waals surface area contributed by atoms with Crippen LogP contribution in [0.5, 0.6) is 0 Å². The van der Waals surface area contributed by atoms with Crippen molar-refractivity contribution < 1.29 is 0 Å². The zero-order chi connectivity index (χ0) is 6.69. The molecular weight excluding hydrogens is 227 g/mol. The van der Waals surface area contributed by atoms with Gasteiger partial charge in [0, 0.05) is 42.0 Å². The highest BCUT2D eigenvalue weighted by atomic mass is 127. The summed E-state index contributed by atoms with van der Waals surface area (Å²) in [7, 11) is 2.04. The molecule has 0 aliphatic carbocycles. The van der Waals surface area contributed by atoms with Gasteiger partial charge in [-0.1, -0.05) is 0 Å². The molecule has 0 amide bonds. The molecule has 0 bridgehead atoms. The summed E-state index contributed by atoms with van der Waals surface area (Å²) in [6, 6.07) is 0.732. The minimum absolute atomic E-state index is 0.732. The smallest absolute Gasteiger partial charge is 0.0235 e. The Morgan fingerprint density at radius 3 is 2.89 bits per heavy atom. The van der Waals surface area contributed by atoms with Crippen molar-refractivity contribution in [2.45, 2.75) is 18.9 Å². The van der Waals surface area contributed by atoms with Gasteiger partial charge in [0.1, 0.15) is 0 Å². The van der Waals surface area contributed by atoms with E-state index < -0.39 is 0 Å². The Labute approximate surface area is 70.5 Å². The molecule has 0 saturated carbocycles. The highest BCUT2D eigenvalue weighted by molar-refractivity contribution is 14.1. The number of hydrogen-bond donors (Lipinski definition) is 1. The molecule has 3 heteroatoms. The van der Waals surface area contributed by atoms with E-state index in [2.05, 4.69) is 31.3 Å². The van der Waals surface area contributed by atoms with Crippen LogP contribution in [0.4, 0.5) is 0 Å². The van der Waals surface area contributed by atoms with Crippen LogP contribution in [0.25, 0.3) is 0 Å². The molecule has 0 aromatic rings. The first kappa shape index (κ1) is 7.75. The topological polar surface area (TPSA) is 15.3 Å². The molecular formula is C6H13IN2. The Bertz CT molecular complexity index is 87.1. The summed E-state index contributed by atoms with van der Waals surface area (Å²) < 4.78 is 2.35. The van der Waals surface area contributed by atoms with Gasteiger partial charge in [-0.3, -0.25) is 0 Å². The molecule has 54 valence electrons. The maximum atomic E-state index is 3.29. The van der Waals surface area contributed by atoms with Crippen molar-refractivity contribution in [3.05, 3.63) is 0 Å². The third-order valence-corrected chi connectivity index (χ3v) is 2.66. The van der Waals surface area contributed by atoms with E-state index >= 15 is 0 Å². The van der Waals surface area contributed by atoms with Crippen LogP contribution in [0, 0.1) is 0 Å². The van der Waals surface area contributed by atoms with Gasteiger partial charge in [0.2, 0.25) is 0 Å². The molecule has 0 aromatic heterocycles. The van der Waals surface area contributed by atoms with E-state index in [0.717, 1.165) is 6.04 Å². The lowest BCUT2D eigenvalue weighted by Crippen LogP contribution is -2.39. The molecule has 2 nitrogen and oxygen atoms in total. The van der Waals surface area contributed by atoms with E-state index in [1.54, 1.807) is 0 Å². The summed E-state index contributed by atoms with van der Waals surface area (Å²) in [5.74, 6) is 0. The predicted octanol–water partition coefficient (Wildman–Crippen LogP) is 1.02. The number of likely N-dealkylation sites (N-methyl/N-ethyl adjacent to an activating group) is 1. The molecule has 1 aliphatic heterocycles. The van der Waals surface area contributed by atoms with Gasteiger partial charge in [-0.25, -0.2) is 3.11 Å². The van der Waals surface area contributed by atoms with E-state index in [1.165, 1.54) is 25.9 Å². The summed E-state index contributed by atoms with van der Waals surface area (Å²) >= 11 is 2.39. The molecule has 1 N–H and O–H groups in total. The fraction of sp³-hybridized carbons (Fsp3) is 1.00. The fourth-order valence-corrected chi connectivity index (χ4v) is 1.98. The maximum Gasteiger partial charge on any atom is 0.0235 e. The lowest BCUT2D eigenvalue weighted by atomic mass is 10.1. The Hall–Kier alpha value is 0.650. The Kier molecular flexibility index (Phi) is 3.21. The van der Waals surface area contributed by atoms with Gasteiger partial charge in [0.25, 0.3) is 0 Å². The zero-order valence-corrected chi connectivity index (χ0v) is 7.89. The molecule has 1 rings (SSSR count). The summed E-state index contributed by atoms with van der Waals surface area (Å²) in [5.41, 5.74) is 0. The average Bonchev–Trinajstić information content (AvgIpc) is 1.88. The Balaban J connectivity index is 2.23. The number of piperidine rings is 1. The molecule has 0 unspecified atom stereocenters. The van der Waals surface area contributed by atoms with Crippen LogP contribution in [-0.2, 0) is 0 Å². The SMILES string of the molecule is CN[C@@H]1CCCN(I)C1. The van der Waals surface area contributed by atoms with Crippen molar-refractivity contribution in [1.29, 1.82) is 0 Å². The number of hydrogen-bond acceptors (Lipinski definition) is 2. The lowest BCUT2D eigenvalue weighted by molar-refractivity contribution is 0.334. The summed E-state index contributed by atoms with van der Waals surface area (Å²) in [6.45, 7) is 2.47. The van der Waals surface area contributed by atoms with Crippen LogP contribution in [0.15, 0.2) is 0 Å². The number of halogens is 1. The third kappa shape index (κ3) is 2.39. The van der Waals surface area contributed by atoms with Crippen LogP contribution in [0.2, 0.25) is 0 Å². The molecule has 1 saturated heterocycles. The second kappa shape index (κ2) is 3.73. The minimum atomic E-state index is 0.732. The van der Waals surface area contributed by atoms with E-state index in [-0.39, 0.29) is 0 Å². The number of rotatable bonds is 1. The summed E-state index contributed by atoms with van der Waals surface area (Å²) in [6.07, 6.45) is 2.68. The molecule has 1 heterocycles. The Morgan fingerprint density at radius 2 is 2.44 bits per heavy atom. The molecule has 0 spiro atoms. The van der Waals surface area contributed by atoms with Gasteiger partial charge in [0.15, 0.2) is 0 Å². The summed E-state index contributed by atoms with van der Waals surface area (Å²) in [5, 5.41) is 3.29. The largest absolute Gasteiger partial charge is 0.316 e. The van der Waals surface area contributed by atoms with Gasteiger partial charge in [-0.2, -0.15) is 0 Å². The first-order chi connectivity index (χ1) is 4.33. The Morgan fingerprint density at radius 1 is 1.67 bits per heavy atom. The third-order valence-electron chi connectivity index (χ3n) is 1.78. The molecule has 1 fully saturated rings.